The van der Waals surface area contributed by atoms with E-state index in [1.165, 1.54) is 61.7 Å². The van der Waals surface area contributed by atoms with Crippen LogP contribution in [0.15, 0.2) is 121 Å². The van der Waals surface area contributed by atoms with E-state index in [-0.39, 0.29) is 10.8 Å². The molecule has 0 aliphatic heterocycles. The Hall–Kier alpha value is -3.88. The van der Waals surface area contributed by atoms with Crippen LogP contribution in [0.2, 0.25) is 0 Å². The van der Waals surface area contributed by atoms with Gasteiger partial charge >= 0.3 is 82.7 Å². The van der Waals surface area contributed by atoms with Crippen molar-refractivity contribution in [2.24, 2.45) is 0 Å². The predicted octanol–water partition coefficient (Wildman–Crippen LogP) is 12.7. The summed E-state index contributed by atoms with van der Waals surface area (Å²) in [6.07, 6.45) is 6.72. The number of rotatable bonds is 3. The number of allylic oxidation sites excluding steroid dienone is 4. The molecule has 0 heterocycles. The summed E-state index contributed by atoms with van der Waals surface area (Å²) in [5.41, 5.74) is 13.5. The van der Waals surface area contributed by atoms with Gasteiger partial charge in [-0.05, 0) is 39.5 Å². The molecule has 0 amide bonds. The summed E-state index contributed by atoms with van der Waals surface area (Å²) in [5.74, 6) is 0. The molecule has 252 valence electrons. The van der Waals surface area contributed by atoms with Crippen molar-refractivity contribution in [3.8, 4) is 33.4 Å². The van der Waals surface area contributed by atoms with E-state index in [2.05, 4.69) is 139 Å². The van der Waals surface area contributed by atoms with Crippen LogP contribution in [0.25, 0.3) is 33.4 Å². The van der Waals surface area contributed by atoms with Crippen molar-refractivity contribution in [3.63, 3.8) is 0 Å². The van der Waals surface area contributed by atoms with Gasteiger partial charge in [-0.1, -0.05) is 131 Å². The molecule has 0 unspecified atom stereocenters. The van der Waals surface area contributed by atoms with E-state index in [4.69, 9.17) is 0 Å². The van der Waals surface area contributed by atoms with Crippen LogP contribution in [-0.2, 0) is 47.7 Å². The van der Waals surface area contributed by atoms with Gasteiger partial charge in [-0.2, -0.15) is 6.08 Å². The number of hydrogen-bond acceptors (Lipinski definition) is 0. The van der Waals surface area contributed by atoms with Gasteiger partial charge in [-0.3, -0.25) is 6.08 Å². The molecule has 4 heteroatoms. The number of alkyl halides is 3. The van der Waals surface area contributed by atoms with Crippen molar-refractivity contribution >= 4 is 3.71 Å². The first-order chi connectivity index (χ1) is 23.7. The topological polar surface area (TPSA) is 0 Å². The molecule has 0 saturated heterocycles. The first-order valence-corrected chi connectivity index (χ1v) is 18.4. The summed E-state index contributed by atoms with van der Waals surface area (Å²) in [6, 6.07) is 38.1. The van der Waals surface area contributed by atoms with Gasteiger partial charge in [0, 0.05) is 0 Å². The molecule has 0 nitrogen and oxygen atoms in total. The SMILES string of the molecule is CC(C)(C)c1cc2c([c-]c1-c1ccccc1)Cc1cc(-c3ccccc3)c(C(C)(C)C)cc1-2.FC(F)(F)c1cccc([CH]=[Zr+2])c1.[C-]1=CC=CC1. The van der Waals surface area contributed by atoms with Crippen LogP contribution >= 0.6 is 0 Å². The number of halogens is 3. The Bertz CT molecular complexity index is 1890. The Morgan fingerprint density at radius 2 is 1.28 bits per heavy atom. The maximum Gasteiger partial charge on any atom is -0.109 e. The Labute approximate surface area is 311 Å². The van der Waals surface area contributed by atoms with Crippen molar-refractivity contribution in [1.29, 1.82) is 0 Å². The molecule has 0 spiro atoms. The average molecular weight is 744 g/mol. The van der Waals surface area contributed by atoms with Crippen LogP contribution in [0.5, 0.6) is 0 Å². The Morgan fingerprint density at radius 3 is 1.80 bits per heavy atom. The number of fused-ring (bicyclic) bond motifs is 3. The standard InChI is InChI=1S/C33H33.C8H5F3.C5H5.Zr/c1-32(2,3)30-20-26-24(18-28(30)22-13-9-7-10-14-22)17-25-19-29(23-15-11-8-12-16-23)31(21-27(25)26)33(4,5)6;1-6-3-2-4-7(5-6)8(9,10)11;1-2-4-5-3-1;/h7-16,18,20-21H,17H2,1-6H3;1-5H;1-3H,4H2;/q-1;;-1;+2. The molecule has 0 radical (unpaired) electrons. The maximum atomic E-state index is 12.1. The van der Waals surface area contributed by atoms with Gasteiger partial charge in [-0.15, -0.1) is 35.2 Å². The average Bonchev–Trinajstić information content (AvgIpc) is 3.79. The van der Waals surface area contributed by atoms with Crippen LogP contribution in [0.4, 0.5) is 13.2 Å². The van der Waals surface area contributed by atoms with E-state index in [0.29, 0.717) is 5.56 Å². The third-order valence-corrected chi connectivity index (χ3v) is 9.61. The first kappa shape index (κ1) is 37.4. The monoisotopic (exact) mass is 742 g/mol. The summed E-state index contributed by atoms with van der Waals surface area (Å²) in [6.45, 7) is 13.9. The molecule has 50 heavy (non-hydrogen) atoms. The molecule has 0 bridgehead atoms. The van der Waals surface area contributed by atoms with Crippen molar-refractivity contribution in [2.45, 2.75) is 71.4 Å². The second kappa shape index (κ2) is 15.6. The van der Waals surface area contributed by atoms with Gasteiger partial charge in [0.25, 0.3) is 0 Å². The molecule has 5 aromatic carbocycles. The van der Waals surface area contributed by atoms with Crippen molar-refractivity contribution in [2.75, 3.05) is 0 Å². The van der Waals surface area contributed by atoms with Gasteiger partial charge in [-0.25, -0.2) is 12.2 Å². The first-order valence-electron chi connectivity index (χ1n) is 16.9. The largest absolute Gasteiger partial charge is 0.273 e. The molecule has 0 aromatic heterocycles. The summed E-state index contributed by atoms with van der Waals surface area (Å²) in [4.78, 5) is 0. The van der Waals surface area contributed by atoms with Crippen LogP contribution in [0.1, 0.15) is 81.3 Å². The maximum absolute atomic E-state index is 12.1. The fourth-order valence-corrected chi connectivity index (χ4v) is 6.69. The smallest absolute Gasteiger partial charge is 0.109 e. The van der Waals surface area contributed by atoms with Crippen LogP contribution < -0.4 is 0 Å². The summed E-state index contributed by atoms with van der Waals surface area (Å²) < 4.78 is 38.0. The quantitative estimate of drug-likeness (QED) is 0.158. The molecule has 7 rings (SSSR count). The molecule has 2 aliphatic carbocycles. The minimum absolute atomic E-state index is 0.0380. The van der Waals surface area contributed by atoms with Crippen LogP contribution in [-0.4, -0.2) is 3.71 Å². The van der Waals surface area contributed by atoms with E-state index in [0.717, 1.165) is 49.2 Å². The Morgan fingerprint density at radius 1 is 0.660 bits per heavy atom. The summed E-state index contributed by atoms with van der Waals surface area (Å²) in [5, 5.41) is 0. The molecular formula is C46H43F3Zr. The second-order valence-electron chi connectivity index (χ2n) is 14.7. The number of hydrogen-bond donors (Lipinski definition) is 0. The van der Waals surface area contributed by atoms with E-state index >= 15 is 0 Å². The van der Waals surface area contributed by atoms with Gasteiger partial charge < -0.3 is 0 Å². The molecule has 5 aromatic rings. The summed E-state index contributed by atoms with van der Waals surface area (Å²) >= 11 is 1.10. The zero-order chi connectivity index (χ0) is 36.1. The third kappa shape index (κ3) is 9.07. The molecule has 2 aliphatic rings. The third-order valence-electron chi connectivity index (χ3n) is 8.79. The van der Waals surface area contributed by atoms with Crippen molar-refractivity contribution < 1.29 is 37.4 Å². The predicted molar refractivity (Wildman–Crippen MR) is 200 cm³/mol. The normalized spacial score (nSPS) is 13.1. The number of benzene rings is 5. The van der Waals surface area contributed by atoms with E-state index in [1.54, 1.807) is 9.78 Å². The van der Waals surface area contributed by atoms with E-state index in [1.807, 2.05) is 12.2 Å². The zero-order valence-electron chi connectivity index (χ0n) is 29.7. The minimum Gasteiger partial charge on any atom is -0.273 e. The fraction of sp³-hybridized carbons (Fsp3) is 0.239. The minimum atomic E-state index is -4.23. The van der Waals surface area contributed by atoms with Crippen molar-refractivity contribution in [1.82, 2.24) is 0 Å². The van der Waals surface area contributed by atoms with Gasteiger partial charge in [0.2, 0.25) is 0 Å². The Balaban J connectivity index is 0.000000234. The molecule has 0 fully saturated rings. The van der Waals surface area contributed by atoms with Gasteiger partial charge in [0.15, 0.2) is 0 Å². The van der Waals surface area contributed by atoms with Gasteiger partial charge in [0.1, 0.15) is 0 Å². The van der Waals surface area contributed by atoms with Crippen LogP contribution in [0.3, 0.4) is 0 Å². The van der Waals surface area contributed by atoms with E-state index < -0.39 is 11.7 Å². The Kier molecular flexibility index (Phi) is 11.6. The van der Waals surface area contributed by atoms with Gasteiger partial charge in [0.05, 0.1) is 0 Å². The molecule has 0 atom stereocenters. The molecule has 0 saturated carbocycles. The van der Waals surface area contributed by atoms with Crippen LogP contribution in [0, 0.1) is 12.1 Å². The molecule has 0 N–H and O–H groups in total. The van der Waals surface area contributed by atoms with Crippen molar-refractivity contribution in [3.05, 3.63) is 167 Å². The molecular weight excluding hydrogens is 701 g/mol. The summed E-state index contributed by atoms with van der Waals surface area (Å²) in [7, 11) is 0. The fourth-order valence-electron chi connectivity index (χ4n) is 6.25. The zero-order valence-corrected chi connectivity index (χ0v) is 32.1. The second-order valence-corrected chi connectivity index (χ2v) is 15.4. The van der Waals surface area contributed by atoms with E-state index in [9.17, 15) is 13.2 Å².